The van der Waals surface area contributed by atoms with E-state index in [4.69, 9.17) is 0 Å². The number of nitrogens with one attached hydrogen (secondary N) is 1. The third kappa shape index (κ3) is 3.95. The highest BCUT2D eigenvalue weighted by molar-refractivity contribution is 5.37. The fourth-order valence-corrected chi connectivity index (χ4v) is 2.58. The molecule has 116 valence electrons. The van der Waals surface area contributed by atoms with Gasteiger partial charge in [0.05, 0.1) is 4.92 Å². The van der Waals surface area contributed by atoms with Crippen LogP contribution in [0, 0.1) is 21.7 Å². The summed E-state index contributed by atoms with van der Waals surface area (Å²) < 4.78 is 26.8. The molecule has 0 amide bonds. The molecule has 1 heterocycles. The molecule has 0 radical (unpaired) electrons. The smallest absolute Gasteiger partial charge is 0.305 e. The Bertz CT molecular complexity index is 519. The molecular formula is C14H19F2N3O2. The lowest BCUT2D eigenvalue weighted by atomic mass is 10.1. The van der Waals surface area contributed by atoms with Crippen molar-refractivity contribution in [1.82, 2.24) is 10.2 Å². The molecule has 1 aromatic carbocycles. The highest BCUT2D eigenvalue weighted by atomic mass is 19.1. The number of benzene rings is 1. The molecule has 1 aliphatic rings. The molecule has 0 spiro atoms. The molecule has 0 aliphatic carbocycles. The molecule has 21 heavy (non-hydrogen) atoms. The van der Waals surface area contributed by atoms with Crippen molar-refractivity contribution in [2.75, 3.05) is 19.6 Å². The first-order valence-electron chi connectivity index (χ1n) is 7.06. The summed E-state index contributed by atoms with van der Waals surface area (Å²) in [5.74, 6) is -1.91. The number of likely N-dealkylation sites (tertiary alicyclic amines) is 1. The van der Waals surface area contributed by atoms with Crippen molar-refractivity contribution in [3.8, 4) is 0 Å². The average molecular weight is 299 g/mol. The maximum atomic E-state index is 13.6. The zero-order valence-electron chi connectivity index (χ0n) is 11.9. The molecule has 1 aliphatic heterocycles. The van der Waals surface area contributed by atoms with Gasteiger partial charge in [0, 0.05) is 36.8 Å². The topological polar surface area (TPSA) is 58.4 Å². The van der Waals surface area contributed by atoms with E-state index in [9.17, 15) is 18.9 Å². The Morgan fingerprint density at radius 2 is 2.00 bits per heavy atom. The fraction of sp³-hybridized carbons (Fsp3) is 0.571. The third-order valence-electron chi connectivity index (χ3n) is 3.83. The van der Waals surface area contributed by atoms with E-state index in [0.717, 1.165) is 19.2 Å². The molecule has 7 heteroatoms. The molecule has 0 aromatic heterocycles. The first-order chi connectivity index (χ1) is 9.99. The molecule has 1 fully saturated rings. The van der Waals surface area contributed by atoms with Gasteiger partial charge in [-0.05, 0) is 32.9 Å². The van der Waals surface area contributed by atoms with Gasteiger partial charge in [0.15, 0.2) is 0 Å². The molecule has 0 bridgehead atoms. The van der Waals surface area contributed by atoms with Crippen molar-refractivity contribution in [2.24, 2.45) is 0 Å². The van der Waals surface area contributed by atoms with Gasteiger partial charge >= 0.3 is 5.69 Å². The first kappa shape index (κ1) is 15.8. The highest BCUT2D eigenvalue weighted by Crippen LogP contribution is 2.21. The summed E-state index contributed by atoms with van der Waals surface area (Å²) in [5.41, 5.74) is -0.586. The van der Waals surface area contributed by atoms with Gasteiger partial charge in [0.1, 0.15) is 5.82 Å². The first-order valence-corrected chi connectivity index (χ1v) is 7.06. The van der Waals surface area contributed by atoms with Crippen LogP contribution in [0.15, 0.2) is 12.1 Å². The standard InChI is InChI=1S/C14H19F2N3O2/c1-10(18-4-2-3-5-18)8-17-9-11-6-14(19(20)21)13(16)7-12(11)15/h6-7,10,17H,2-5,8-9H2,1H3. The molecule has 1 unspecified atom stereocenters. The second-order valence-corrected chi connectivity index (χ2v) is 5.38. The van der Waals surface area contributed by atoms with E-state index in [0.29, 0.717) is 18.7 Å². The van der Waals surface area contributed by atoms with E-state index in [-0.39, 0.29) is 12.1 Å². The van der Waals surface area contributed by atoms with Crippen LogP contribution in [0.2, 0.25) is 0 Å². The molecule has 1 N–H and O–H groups in total. The van der Waals surface area contributed by atoms with E-state index in [1.165, 1.54) is 12.8 Å². The quantitative estimate of drug-likeness (QED) is 0.647. The minimum absolute atomic E-state index is 0.108. The van der Waals surface area contributed by atoms with Gasteiger partial charge in [-0.15, -0.1) is 0 Å². The largest absolute Gasteiger partial charge is 0.311 e. The molecule has 0 saturated carbocycles. The lowest BCUT2D eigenvalue weighted by molar-refractivity contribution is -0.387. The number of rotatable bonds is 6. The van der Waals surface area contributed by atoms with Gasteiger partial charge in [0.2, 0.25) is 5.82 Å². The summed E-state index contributed by atoms with van der Waals surface area (Å²) in [5, 5.41) is 13.7. The third-order valence-corrected chi connectivity index (χ3v) is 3.83. The predicted molar refractivity (Wildman–Crippen MR) is 75.0 cm³/mol. The maximum absolute atomic E-state index is 13.6. The van der Waals surface area contributed by atoms with E-state index >= 15 is 0 Å². The molecule has 1 atom stereocenters. The van der Waals surface area contributed by atoms with Gasteiger partial charge in [-0.2, -0.15) is 4.39 Å². The van der Waals surface area contributed by atoms with Gasteiger partial charge in [-0.1, -0.05) is 0 Å². The van der Waals surface area contributed by atoms with Crippen molar-refractivity contribution in [3.05, 3.63) is 39.4 Å². The van der Waals surface area contributed by atoms with Crippen molar-refractivity contribution in [2.45, 2.75) is 32.4 Å². The molecule has 2 rings (SSSR count). The summed E-state index contributed by atoms with van der Waals surface area (Å²) >= 11 is 0. The Hall–Kier alpha value is -1.60. The van der Waals surface area contributed by atoms with Crippen molar-refractivity contribution in [1.29, 1.82) is 0 Å². The second kappa shape index (κ2) is 6.91. The van der Waals surface area contributed by atoms with Crippen LogP contribution in [0.4, 0.5) is 14.5 Å². The van der Waals surface area contributed by atoms with E-state index < -0.39 is 22.2 Å². The van der Waals surface area contributed by atoms with E-state index in [2.05, 4.69) is 17.1 Å². The number of hydrogen-bond acceptors (Lipinski definition) is 4. The zero-order chi connectivity index (χ0) is 15.4. The number of nitro groups is 1. The average Bonchev–Trinajstić information content (AvgIpc) is 2.94. The minimum Gasteiger partial charge on any atom is -0.311 e. The van der Waals surface area contributed by atoms with Gasteiger partial charge < -0.3 is 5.32 Å². The van der Waals surface area contributed by atoms with Crippen LogP contribution in [-0.2, 0) is 6.54 Å². The predicted octanol–water partition coefficient (Wildman–Crippen LogP) is 2.45. The number of nitro benzene ring substituents is 1. The molecule has 1 aromatic rings. The molecular weight excluding hydrogens is 280 g/mol. The summed E-state index contributed by atoms with van der Waals surface area (Å²) in [7, 11) is 0. The summed E-state index contributed by atoms with van der Waals surface area (Å²) in [4.78, 5) is 12.2. The Morgan fingerprint density at radius 3 is 2.62 bits per heavy atom. The van der Waals surface area contributed by atoms with Crippen LogP contribution in [0.3, 0.4) is 0 Å². The zero-order valence-corrected chi connectivity index (χ0v) is 11.9. The lowest BCUT2D eigenvalue weighted by Gasteiger charge is -2.24. The van der Waals surface area contributed by atoms with Gasteiger partial charge in [-0.25, -0.2) is 4.39 Å². The van der Waals surface area contributed by atoms with Crippen LogP contribution < -0.4 is 5.32 Å². The number of nitrogens with zero attached hydrogens (tertiary/aromatic N) is 2. The normalized spacial score (nSPS) is 17.1. The Balaban J connectivity index is 1.93. The summed E-state index contributed by atoms with van der Waals surface area (Å²) in [6, 6.07) is 1.85. The van der Waals surface area contributed by atoms with Crippen molar-refractivity contribution < 1.29 is 13.7 Å². The Morgan fingerprint density at radius 1 is 1.33 bits per heavy atom. The molecule has 1 saturated heterocycles. The Kier molecular flexibility index (Phi) is 5.19. The van der Waals surface area contributed by atoms with Crippen LogP contribution in [-0.4, -0.2) is 35.5 Å². The van der Waals surface area contributed by atoms with Crippen molar-refractivity contribution in [3.63, 3.8) is 0 Å². The van der Waals surface area contributed by atoms with E-state index in [1.54, 1.807) is 0 Å². The van der Waals surface area contributed by atoms with Gasteiger partial charge in [0.25, 0.3) is 0 Å². The van der Waals surface area contributed by atoms with Crippen molar-refractivity contribution >= 4 is 5.69 Å². The monoisotopic (exact) mass is 299 g/mol. The van der Waals surface area contributed by atoms with Crippen LogP contribution in [0.25, 0.3) is 0 Å². The second-order valence-electron chi connectivity index (χ2n) is 5.38. The summed E-state index contributed by atoms with van der Waals surface area (Å²) in [6.45, 7) is 5.02. The number of hydrogen-bond donors (Lipinski definition) is 1. The van der Waals surface area contributed by atoms with E-state index in [1.807, 2.05) is 0 Å². The van der Waals surface area contributed by atoms with Crippen LogP contribution in [0.1, 0.15) is 25.3 Å². The number of halogens is 2. The molecule has 5 nitrogen and oxygen atoms in total. The minimum atomic E-state index is -1.15. The SMILES string of the molecule is CC(CNCc1cc([N+](=O)[O-])c(F)cc1F)N1CCCC1. The Labute approximate surface area is 122 Å². The lowest BCUT2D eigenvalue weighted by Crippen LogP contribution is -2.38. The highest BCUT2D eigenvalue weighted by Gasteiger charge is 2.20. The van der Waals surface area contributed by atoms with Crippen LogP contribution >= 0.6 is 0 Å². The van der Waals surface area contributed by atoms with Crippen LogP contribution in [0.5, 0.6) is 0 Å². The maximum Gasteiger partial charge on any atom is 0.305 e. The fourth-order valence-electron chi connectivity index (χ4n) is 2.58. The van der Waals surface area contributed by atoms with Gasteiger partial charge in [-0.3, -0.25) is 15.0 Å². The summed E-state index contributed by atoms with van der Waals surface area (Å²) in [6.07, 6.45) is 2.40.